The van der Waals surface area contributed by atoms with Crippen molar-refractivity contribution in [3.63, 3.8) is 0 Å². The van der Waals surface area contributed by atoms with E-state index in [2.05, 4.69) is 28.1 Å². The predicted molar refractivity (Wildman–Crippen MR) is 107 cm³/mol. The summed E-state index contributed by atoms with van der Waals surface area (Å²) in [6.45, 7) is 1.68. The van der Waals surface area contributed by atoms with Crippen LogP contribution in [0.4, 0.5) is 11.4 Å². The summed E-state index contributed by atoms with van der Waals surface area (Å²) in [6, 6.07) is 20.2. The van der Waals surface area contributed by atoms with Crippen LogP contribution in [-0.4, -0.2) is 32.4 Å². The molecule has 0 fully saturated rings. The summed E-state index contributed by atoms with van der Waals surface area (Å²) in [5.74, 6) is 1.39. The van der Waals surface area contributed by atoms with Crippen LogP contribution in [0.3, 0.4) is 0 Å². The third-order valence-electron chi connectivity index (χ3n) is 4.14. The number of rotatable bonds is 9. The predicted octanol–water partition coefficient (Wildman–Crippen LogP) is 4.45. The van der Waals surface area contributed by atoms with E-state index in [0.29, 0.717) is 31.3 Å². The number of pyridine rings is 1. The van der Waals surface area contributed by atoms with Gasteiger partial charge in [0.05, 0.1) is 13.7 Å². The molecule has 1 aromatic heterocycles. The van der Waals surface area contributed by atoms with Crippen LogP contribution in [0.1, 0.15) is 5.56 Å². The molecule has 0 amide bonds. The molecular weight excluding hydrogens is 340 g/mol. The molecule has 0 radical (unpaired) electrons. The van der Waals surface area contributed by atoms with Crippen LogP contribution in [-0.2, 0) is 11.3 Å². The molecule has 2 aromatic carbocycles. The van der Waals surface area contributed by atoms with E-state index in [9.17, 15) is 0 Å². The van der Waals surface area contributed by atoms with Crippen molar-refractivity contribution in [3.05, 3.63) is 78.6 Å². The quantitative estimate of drug-likeness (QED) is 0.525. The summed E-state index contributed by atoms with van der Waals surface area (Å²) in [6.07, 6.45) is 3.67. The summed E-state index contributed by atoms with van der Waals surface area (Å²) in [5.41, 5.74) is 3.23. The van der Waals surface area contributed by atoms with Crippen LogP contribution in [0.2, 0.25) is 0 Å². The number of anilines is 2. The molecule has 140 valence electrons. The van der Waals surface area contributed by atoms with Gasteiger partial charge in [0.2, 0.25) is 0 Å². The Hall–Kier alpha value is -3.05. The van der Waals surface area contributed by atoms with E-state index < -0.39 is 0 Å². The van der Waals surface area contributed by atoms with E-state index in [1.807, 2.05) is 48.7 Å². The lowest BCUT2D eigenvalue weighted by Gasteiger charge is -2.26. The zero-order chi connectivity index (χ0) is 18.9. The van der Waals surface area contributed by atoms with Crippen LogP contribution in [0.5, 0.6) is 11.5 Å². The van der Waals surface area contributed by atoms with Gasteiger partial charge in [0.15, 0.2) is 11.5 Å². The Kier molecular flexibility index (Phi) is 6.66. The second-order valence-electron chi connectivity index (χ2n) is 5.96. The standard InChI is InChI=1S/C22H24N2O3/c1-25-13-14-27-22-15-20(10-11-21(22)26-2)24(19-8-4-3-5-9-19)17-18-7-6-12-23-16-18/h3-12,15-16H,13-14,17H2,1-2H3. The van der Waals surface area contributed by atoms with Crippen molar-refractivity contribution < 1.29 is 14.2 Å². The summed E-state index contributed by atoms with van der Waals surface area (Å²) in [7, 11) is 3.30. The van der Waals surface area contributed by atoms with Gasteiger partial charge in [0.1, 0.15) is 6.61 Å². The van der Waals surface area contributed by atoms with Gasteiger partial charge in [-0.2, -0.15) is 0 Å². The molecule has 0 bridgehead atoms. The smallest absolute Gasteiger partial charge is 0.163 e. The van der Waals surface area contributed by atoms with Crippen molar-refractivity contribution in [1.82, 2.24) is 4.98 Å². The minimum Gasteiger partial charge on any atom is -0.493 e. The zero-order valence-electron chi connectivity index (χ0n) is 15.7. The van der Waals surface area contributed by atoms with E-state index in [4.69, 9.17) is 14.2 Å². The maximum absolute atomic E-state index is 5.86. The molecule has 0 saturated heterocycles. The topological polar surface area (TPSA) is 43.8 Å². The first kappa shape index (κ1) is 18.7. The highest BCUT2D eigenvalue weighted by atomic mass is 16.5. The SMILES string of the molecule is COCCOc1cc(N(Cc2cccnc2)c2ccccc2)ccc1OC. The lowest BCUT2D eigenvalue weighted by molar-refractivity contribution is 0.144. The second kappa shape index (κ2) is 9.59. The van der Waals surface area contributed by atoms with E-state index in [-0.39, 0.29) is 0 Å². The van der Waals surface area contributed by atoms with E-state index in [1.165, 1.54) is 0 Å². The molecule has 3 rings (SSSR count). The molecule has 0 spiro atoms. The van der Waals surface area contributed by atoms with Crippen LogP contribution in [0.15, 0.2) is 73.1 Å². The van der Waals surface area contributed by atoms with E-state index in [0.717, 1.165) is 16.9 Å². The van der Waals surface area contributed by atoms with Gasteiger partial charge in [-0.1, -0.05) is 24.3 Å². The minimum absolute atomic E-state index is 0.463. The normalized spacial score (nSPS) is 10.4. The fourth-order valence-corrected chi connectivity index (χ4v) is 2.79. The molecule has 0 unspecified atom stereocenters. The molecule has 1 heterocycles. The molecule has 0 aliphatic heterocycles. The number of ether oxygens (including phenoxy) is 3. The van der Waals surface area contributed by atoms with Gasteiger partial charge >= 0.3 is 0 Å². The average molecular weight is 364 g/mol. The van der Waals surface area contributed by atoms with Gasteiger partial charge < -0.3 is 19.1 Å². The zero-order valence-corrected chi connectivity index (χ0v) is 15.7. The number of aromatic nitrogens is 1. The van der Waals surface area contributed by atoms with Gasteiger partial charge in [0, 0.05) is 43.5 Å². The third-order valence-corrected chi connectivity index (χ3v) is 4.14. The summed E-state index contributed by atoms with van der Waals surface area (Å²) < 4.78 is 16.4. The highest BCUT2D eigenvalue weighted by molar-refractivity contribution is 5.66. The minimum atomic E-state index is 0.463. The maximum Gasteiger partial charge on any atom is 0.163 e. The Labute approximate surface area is 160 Å². The van der Waals surface area contributed by atoms with Gasteiger partial charge in [-0.15, -0.1) is 0 Å². The van der Waals surface area contributed by atoms with Crippen molar-refractivity contribution in [2.24, 2.45) is 0 Å². The number of hydrogen-bond donors (Lipinski definition) is 0. The fourth-order valence-electron chi connectivity index (χ4n) is 2.79. The van der Waals surface area contributed by atoms with E-state index >= 15 is 0 Å². The van der Waals surface area contributed by atoms with Gasteiger partial charge in [0.25, 0.3) is 0 Å². The van der Waals surface area contributed by atoms with Crippen molar-refractivity contribution in [2.45, 2.75) is 6.54 Å². The molecule has 0 N–H and O–H groups in total. The Bertz CT molecular complexity index is 825. The van der Waals surface area contributed by atoms with Gasteiger partial charge in [-0.3, -0.25) is 4.98 Å². The molecule has 0 atom stereocenters. The first-order valence-electron chi connectivity index (χ1n) is 8.83. The van der Waals surface area contributed by atoms with Gasteiger partial charge in [-0.05, 0) is 35.9 Å². The Morgan fingerprint density at radius 2 is 1.70 bits per heavy atom. The lowest BCUT2D eigenvalue weighted by atomic mass is 10.2. The highest BCUT2D eigenvalue weighted by Gasteiger charge is 2.14. The Morgan fingerprint density at radius 3 is 2.41 bits per heavy atom. The Balaban J connectivity index is 1.94. The second-order valence-corrected chi connectivity index (χ2v) is 5.96. The molecule has 0 aliphatic rings. The number of hydrogen-bond acceptors (Lipinski definition) is 5. The number of nitrogens with zero attached hydrogens (tertiary/aromatic N) is 2. The van der Waals surface area contributed by atoms with Crippen molar-refractivity contribution in [1.29, 1.82) is 0 Å². The summed E-state index contributed by atoms with van der Waals surface area (Å²) >= 11 is 0. The summed E-state index contributed by atoms with van der Waals surface area (Å²) in [4.78, 5) is 6.46. The van der Waals surface area contributed by atoms with Gasteiger partial charge in [-0.25, -0.2) is 0 Å². The molecule has 27 heavy (non-hydrogen) atoms. The maximum atomic E-state index is 5.86. The summed E-state index contributed by atoms with van der Waals surface area (Å²) in [5, 5.41) is 0. The van der Waals surface area contributed by atoms with Crippen molar-refractivity contribution >= 4 is 11.4 Å². The molecule has 0 aliphatic carbocycles. The van der Waals surface area contributed by atoms with Crippen LogP contribution in [0.25, 0.3) is 0 Å². The van der Waals surface area contributed by atoms with Crippen molar-refractivity contribution in [2.75, 3.05) is 32.3 Å². The lowest BCUT2D eigenvalue weighted by Crippen LogP contribution is -2.17. The average Bonchev–Trinajstić information content (AvgIpc) is 2.73. The molecule has 5 heteroatoms. The molecule has 5 nitrogen and oxygen atoms in total. The monoisotopic (exact) mass is 364 g/mol. The molecule has 0 saturated carbocycles. The van der Waals surface area contributed by atoms with Crippen LogP contribution < -0.4 is 14.4 Å². The fraction of sp³-hybridized carbons (Fsp3) is 0.227. The first-order chi connectivity index (χ1) is 13.3. The van der Waals surface area contributed by atoms with Crippen molar-refractivity contribution in [3.8, 4) is 11.5 Å². The first-order valence-corrected chi connectivity index (χ1v) is 8.83. The number of para-hydroxylation sites is 1. The largest absolute Gasteiger partial charge is 0.493 e. The number of methoxy groups -OCH3 is 2. The van der Waals surface area contributed by atoms with Crippen LogP contribution >= 0.6 is 0 Å². The molecule has 3 aromatic rings. The Morgan fingerprint density at radius 1 is 0.852 bits per heavy atom. The van der Waals surface area contributed by atoms with Crippen LogP contribution in [0, 0.1) is 0 Å². The van der Waals surface area contributed by atoms with E-state index in [1.54, 1.807) is 20.4 Å². The number of benzene rings is 2. The third kappa shape index (κ3) is 4.99. The highest BCUT2D eigenvalue weighted by Crippen LogP contribution is 2.35. The molecular formula is C22H24N2O3.